The van der Waals surface area contributed by atoms with Gasteiger partial charge in [0, 0.05) is 12.1 Å². The molecule has 0 saturated carbocycles. The zero-order chi connectivity index (χ0) is 13.7. The van der Waals surface area contributed by atoms with Crippen LogP contribution in [0.15, 0.2) is 22.7 Å². The van der Waals surface area contributed by atoms with Gasteiger partial charge in [0.05, 0.1) is 4.47 Å². The van der Waals surface area contributed by atoms with Gasteiger partial charge in [-0.25, -0.2) is 4.39 Å². The van der Waals surface area contributed by atoms with Crippen molar-refractivity contribution in [2.75, 3.05) is 0 Å². The molecule has 1 nitrogen and oxygen atoms in total. The van der Waals surface area contributed by atoms with Gasteiger partial charge in [0.1, 0.15) is 5.82 Å². The topological polar surface area (TPSA) is 12.0 Å². The Morgan fingerprint density at radius 1 is 1.17 bits per heavy atom. The lowest BCUT2D eigenvalue weighted by Crippen LogP contribution is -2.29. The second-order valence-electron chi connectivity index (χ2n) is 5.43. The third-order valence-electron chi connectivity index (χ3n) is 3.16. The summed E-state index contributed by atoms with van der Waals surface area (Å²) in [5.41, 5.74) is 1.11. The highest BCUT2D eigenvalue weighted by Gasteiger charge is 2.11. The highest BCUT2D eigenvalue weighted by molar-refractivity contribution is 9.10. The zero-order valence-corrected chi connectivity index (χ0v) is 13.2. The molecule has 18 heavy (non-hydrogen) atoms. The predicted molar refractivity (Wildman–Crippen MR) is 79.2 cm³/mol. The second kappa shape index (κ2) is 7.25. The van der Waals surface area contributed by atoms with Crippen molar-refractivity contribution in [1.29, 1.82) is 0 Å². The molecule has 1 rings (SSSR count). The van der Waals surface area contributed by atoms with Crippen LogP contribution in [0.3, 0.4) is 0 Å². The average Bonchev–Trinajstić information content (AvgIpc) is 2.30. The SMILES string of the molecule is CC(C)CCC(C)NC(C)c1ccc(F)c(Br)c1. The number of benzene rings is 1. The largest absolute Gasteiger partial charge is 0.308 e. The van der Waals surface area contributed by atoms with E-state index in [9.17, 15) is 4.39 Å². The molecule has 0 amide bonds. The summed E-state index contributed by atoms with van der Waals surface area (Å²) in [5.74, 6) is 0.531. The molecule has 0 saturated heterocycles. The van der Waals surface area contributed by atoms with E-state index >= 15 is 0 Å². The van der Waals surface area contributed by atoms with Crippen molar-refractivity contribution in [3.05, 3.63) is 34.1 Å². The lowest BCUT2D eigenvalue weighted by molar-refractivity contribution is 0.417. The van der Waals surface area contributed by atoms with Crippen molar-refractivity contribution < 1.29 is 4.39 Å². The molecule has 2 atom stereocenters. The van der Waals surface area contributed by atoms with E-state index in [0.717, 1.165) is 11.5 Å². The van der Waals surface area contributed by atoms with Gasteiger partial charge in [-0.3, -0.25) is 0 Å². The maximum atomic E-state index is 13.2. The first kappa shape index (κ1) is 15.6. The van der Waals surface area contributed by atoms with Gasteiger partial charge in [0.15, 0.2) is 0 Å². The van der Waals surface area contributed by atoms with Crippen molar-refractivity contribution in [3.8, 4) is 0 Å². The molecule has 0 aliphatic rings. The lowest BCUT2D eigenvalue weighted by atomic mass is 10.0. The fraction of sp³-hybridized carbons (Fsp3) is 0.600. The third-order valence-corrected chi connectivity index (χ3v) is 3.76. The van der Waals surface area contributed by atoms with Gasteiger partial charge in [0.25, 0.3) is 0 Å². The van der Waals surface area contributed by atoms with Gasteiger partial charge in [-0.15, -0.1) is 0 Å². The molecular formula is C15H23BrFN. The normalized spacial score (nSPS) is 14.8. The van der Waals surface area contributed by atoms with Crippen molar-refractivity contribution in [1.82, 2.24) is 5.32 Å². The van der Waals surface area contributed by atoms with Crippen LogP contribution >= 0.6 is 15.9 Å². The van der Waals surface area contributed by atoms with Crippen molar-refractivity contribution in [2.24, 2.45) is 5.92 Å². The first-order chi connectivity index (χ1) is 8.40. The first-order valence-electron chi connectivity index (χ1n) is 6.61. The minimum absolute atomic E-state index is 0.209. The van der Waals surface area contributed by atoms with Gasteiger partial charge in [-0.1, -0.05) is 19.9 Å². The Hall–Kier alpha value is -0.410. The fourth-order valence-electron chi connectivity index (χ4n) is 1.97. The maximum Gasteiger partial charge on any atom is 0.137 e. The summed E-state index contributed by atoms with van der Waals surface area (Å²) in [7, 11) is 0. The van der Waals surface area contributed by atoms with Gasteiger partial charge in [-0.2, -0.15) is 0 Å². The minimum atomic E-state index is -0.209. The molecule has 0 aromatic heterocycles. The fourth-order valence-corrected chi connectivity index (χ4v) is 2.37. The van der Waals surface area contributed by atoms with Gasteiger partial charge >= 0.3 is 0 Å². The summed E-state index contributed by atoms with van der Waals surface area (Å²) < 4.78 is 13.7. The monoisotopic (exact) mass is 315 g/mol. The van der Waals surface area contributed by atoms with E-state index in [-0.39, 0.29) is 11.9 Å². The van der Waals surface area contributed by atoms with Gasteiger partial charge < -0.3 is 5.32 Å². The number of nitrogens with one attached hydrogen (secondary N) is 1. The Morgan fingerprint density at radius 2 is 1.83 bits per heavy atom. The molecule has 0 aliphatic carbocycles. The van der Waals surface area contributed by atoms with Crippen LogP contribution in [0.1, 0.15) is 52.1 Å². The highest BCUT2D eigenvalue weighted by atomic mass is 79.9. The molecule has 102 valence electrons. The standard InChI is InChI=1S/C15H23BrFN/c1-10(2)5-6-11(3)18-12(4)13-7-8-15(17)14(16)9-13/h7-12,18H,5-6H2,1-4H3. The van der Waals surface area contributed by atoms with E-state index in [0.29, 0.717) is 10.5 Å². The van der Waals surface area contributed by atoms with Crippen molar-refractivity contribution in [3.63, 3.8) is 0 Å². The molecular weight excluding hydrogens is 293 g/mol. The van der Waals surface area contributed by atoms with E-state index in [2.05, 4.69) is 48.9 Å². The van der Waals surface area contributed by atoms with Crippen LogP contribution < -0.4 is 5.32 Å². The summed E-state index contributed by atoms with van der Waals surface area (Å²) in [5, 5.41) is 3.55. The Balaban J connectivity index is 2.53. The molecule has 0 radical (unpaired) electrons. The number of halogens is 2. The van der Waals surface area contributed by atoms with Crippen molar-refractivity contribution in [2.45, 2.75) is 52.6 Å². The van der Waals surface area contributed by atoms with Crippen LogP contribution in [0.25, 0.3) is 0 Å². The number of rotatable bonds is 6. The van der Waals surface area contributed by atoms with Crippen molar-refractivity contribution >= 4 is 15.9 Å². The Morgan fingerprint density at radius 3 is 2.39 bits per heavy atom. The van der Waals surface area contributed by atoms with E-state index in [1.165, 1.54) is 18.9 Å². The highest BCUT2D eigenvalue weighted by Crippen LogP contribution is 2.22. The molecule has 1 N–H and O–H groups in total. The summed E-state index contributed by atoms with van der Waals surface area (Å²) in [6.07, 6.45) is 2.40. The maximum absolute atomic E-state index is 13.2. The quantitative estimate of drug-likeness (QED) is 0.773. The molecule has 0 heterocycles. The van der Waals surface area contributed by atoms with Crippen LogP contribution in [0.5, 0.6) is 0 Å². The van der Waals surface area contributed by atoms with Crippen LogP contribution in [-0.2, 0) is 0 Å². The average molecular weight is 316 g/mol. The molecule has 1 aromatic carbocycles. The summed E-state index contributed by atoms with van der Waals surface area (Å²) in [4.78, 5) is 0. The molecule has 2 unspecified atom stereocenters. The molecule has 1 aromatic rings. The van der Waals surface area contributed by atoms with E-state index in [1.54, 1.807) is 0 Å². The minimum Gasteiger partial charge on any atom is -0.308 e. The smallest absolute Gasteiger partial charge is 0.137 e. The van der Waals surface area contributed by atoms with Gasteiger partial charge in [-0.05, 0) is 66.2 Å². The Labute approximate surface area is 118 Å². The first-order valence-corrected chi connectivity index (χ1v) is 7.40. The Bertz CT molecular complexity index is 379. The van der Waals surface area contributed by atoms with Crippen LogP contribution in [-0.4, -0.2) is 6.04 Å². The molecule has 3 heteroatoms. The lowest BCUT2D eigenvalue weighted by Gasteiger charge is -2.21. The van der Waals surface area contributed by atoms with Crippen LogP contribution in [0, 0.1) is 11.7 Å². The summed E-state index contributed by atoms with van der Waals surface area (Å²) in [6.45, 7) is 8.81. The summed E-state index contributed by atoms with van der Waals surface area (Å²) in [6, 6.07) is 5.92. The predicted octanol–water partition coefficient (Wildman–Crippen LogP) is 5.06. The van der Waals surface area contributed by atoms with E-state index in [1.807, 2.05) is 12.1 Å². The van der Waals surface area contributed by atoms with E-state index < -0.39 is 0 Å². The van der Waals surface area contributed by atoms with E-state index in [4.69, 9.17) is 0 Å². The van der Waals surface area contributed by atoms with Gasteiger partial charge in [0.2, 0.25) is 0 Å². The molecule has 0 aliphatic heterocycles. The zero-order valence-electron chi connectivity index (χ0n) is 11.6. The molecule has 0 bridgehead atoms. The Kier molecular flexibility index (Phi) is 6.30. The summed E-state index contributed by atoms with van der Waals surface area (Å²) >= 11 is 3.23. The van der Waals surface area contributed by atoms with Crippen LogP contribution in [0.4, 0.5) is 4.39 Å². The second-order valence-corrected chi connectivity index (χ2v) is 6.29. The third kappa shape index (κ3) is 5.07. The van der Waals surface area contributed by atoms with Crippen LogP contribution in [0.2, 0.25) is 0 Å². The molecule has 0 fully saturated rings. The number of hydrogen-bond acceptors (Lipinski definition) is 1. The molecule has 0 spiro atoms. The number of hydrogen-bond donors (Lipinski definition) is 1.